The first-order valence-corrected chi connectivity index (χ1v) is 22.4. The fourth-order valence-electron chi connectivity index (χ4n) is 6.57. The summed E-state index contributed by atoms with van der Waals surface area (Å²) >= 11 is 0. The Hall–Kier alpha value is -2.86. The summed E-state index contributed by atoms with van der Waals surface area (Å²) in [7, 11) is 0. The van der Waals surface area contributed by atoms with Crippen LogP contribution in [0.25, 0.3) is 0 Å². The van der Waals surface area contributed by atoms with Gasteiger partial charge in [0.15, 0.2) is 0 Å². The quantitative estimate of drug-likeness (QED) is 0.0641. The maximum Gasteiger partial charge on any atom is -0.0288 e. The number of allylic oxidation sites excluding steroid dienone is 22. The Morgan fingerprint density at radius 1 is 0.218 bits per heavy atom. The monoisotopic (exact) mass is 751 g/mol. The van der Waals surface area contributed by atoms with Crippen molar-refractivity contribution in [2.24, 2.45) is 0 Å². The molecule has 0 amide bonds. The summed E-state index contributed by atoms with van der Waals surface area (Å²) in [5, 5.41) is 0. The van der Waals surface area contributed by atoms with E-state index in [2.05, 4.69) is 157 Å². The second-order valence-electron chi connectivity index (χ2n) is 17.3. The second kappa shape index (κ2) is 34.4. The van der Waals surface area contributed by atoms with Crippen LogP contribution in [-0.4, -0.2) is 0 Å². The molecule has 0 spiro atoms. The van der Waals surface area contributed by atoms with Crippen molar-refractivity contribution in [2.45, 2.75) is 218 Å². The number of hydrogen-bond donors (Lipinski definition) is 0. The first-order chi connectivity index (χ1) is 26.2. The molecule has 0 aliphatic carbocycles. The third-order valence-corrected chi connectivity index (χ3v) is 10.9. The molecule has 0 N–H and O–H groups in total. The van der Waals surface area contributed by atoms with Crippen LogP contribution in [0, 0.1) is 0 Å². The molecule has 0 aliphatic rings. The Morgan fingerprint density at radius 2 is 0.364 bits per heavy atom. The highest BCUT2D eigenvalue weighted by Crippen LogP contribution is 2.18. The molecule has 0 aromatic heterocycles. The Balaban J connectivity index is 4.25. The van der Waals surface area contributed by atoms with Gasteiger partial charge in [0.2, 0.25) is 0 Å². The van der Waals surface area contributed by atoms with Crippen LogP contribution in [0.5, 0.6) is 0 Å². The Morgan fingerprint density at radius 3 is 0.509 bits per heavy atom. The van der Waals surface area contributed by atoms with E-state index in [1.165, 1.54) is 158 Å². The van der Waals surface area contributed by atoms with Crippen molar-refractivity contribution in [3.63, 3.8) is 0 Å². The summed E-state index contributed by atoms with van der Waals surface area (Å²) in [6, 6.07) is 0. The van der Waals surface area contributed by atoms with Crippen molar-refractivity contribution < 1.29 is 0 Å². The van der Waals surface area contributed by atoms with Crippen LogP contribution in [0.15, 0.2) is 128 Å². The van der Waals surface area contributed by atoms with Gasteiger partial charge in [0.25, 0.3) is 0 Å². The predicted octanol–water partition coefficient (Wildman–Crippen LogP) is 19.2. The van der Waals surface area contributed by atoms with Gasteiger partial charge in [-0.3, -0.25) is 0 Å². The molecule has 0 aromatic rings. The normalized spacial score (nSPS) is 15.0. The van der Waals surface area contributed by atoms with Crippen molar-refractivity contribution in [1.29, 1.82) is 0 Å². The molecular weight excluding hydrogens is 661 g/mol. The minimum absolute atomic E-state index is 1.16. The van der Waals surface area contributed by atoms with Gasteiger partial charge in [-0.15, -0.1) is 0 Å². The third-order valence-electron chi connectivity index (χ3n) is 10.9. The first-order valence-electron chi connectivity index (χ1n) is 22.4. The lowest BCUT2D eigenvalue weighted by Crippen LogP contribution is -1.84. The van der Waals surface area contributed by atoms with Gasteiger partial charge in [0.05, 0.1) is 0 Å². The zero-order chi connectivity index (χ0) is 41.3. The lowest BCUT2D eigenvalue weighted by molar-refractivity contribution is 0.879. The summed E-state index contributed by atoms with van der Waals surface area (Å²) in [5.74, 6) is 0. The van der Waals surface area contributed by atoms with Gasteiger partial charge in [-0.2, -0.15) is 0 Å². The smallest absolute Gasteiger partial charge is 0.0288 e. The summed E-state index contributed by atoms with van der Waals surface area (Å²) in [6.45, 7) is 29.4. The highest BCUT2D eigenvalue weighted by molar-refractivity contribution is 5.11. The summed E-state index contributed by atoms with van der Waals surface area (Å²) in [4.78, 5) is 0. The predicted molar refractivity (Wildman–Crippen MR) is 255 cm³/mol. The van der Waals surface area contributed by atoms with Crippen molar-refractivity contribution in [2.75, 3.05) is 0 Å². The van der Waals surface area contributed by atoms with Crippen LogP contribution in [0.4, 0.5) is 0 Å². The zero-order valence-electron chi connectivity index (χ0n) is 39.0. The van der Waals surface area contributed by atoms with Gasteiger partial charge in [-0.25, -0.2) is 0 Å². The summed E-state index contributed by atoms with van der Waals surface area (Å²) < 4.78 is 0. The molecule has 55 heavy (non-hydrogen) atoms. The second-order valence-corrected chi connectivity index (χ2v) is 17.3. The van der Waals surface area contributed by atoms with Gasteiger partial charge in [0.1, 0.15) is 0 Å². The average Bonchev–Trinajstić information content (AvgIpc) is 3.11. The fourth-order valence-corrected chi connectivity index (χ4v) is 6.57. The molecule has 0 saturated heterocycles. The topological polar surface area (TPSA) is 0 Å². The maximum absolute atomic E-state index is 2.47. The molecule has 0 saturated carbocycles. The summed E-state index contributed by atoms with van der Waals surface area (Å²) in [6.07, 6.45) is 50.2. The molecule has 0 fully saturated rings. The van der Waals surface area contributed by atoms with Gasteiger partial charge in [-0.1, -0.05) is 128 Å². The Kier molecular flexibility index (Phi) is 32.6. The molecule has 0 radical (unpaired) electrons. The van der Waals surface area contributed by atoms with E-state index in [1.54, 1.807) is 0 Å². The van der Waals surface area contributed by atoms with E-state index in [0.717, 1.165) is 32.1 Å². The van der Waals surface area contributed by atoms with Crippen LogP contribution in [0.3, 0.4) is 0 Å². The van der Waals surface area contributed by atoms with E-state index in [4.69, 9.17) is 0 Å². The van der Waals surface area contributed by atoms with Crippen LogP contribution in [0.1, 0.15) is 218 Å². The van der Waals surface area contributed by atoms with Gasteiger partial charge < -0.3 is 0 Å². The molecule has 0 rings (SSSR count). The van der Waals surface area contributed by atoms with E-state index >= 15 is 0 Å². The highest BCUT2D eigenvalue weighted by Gasteiger charge is 1.98. The minimum Gasteiger partial charge on any atom is -0.0887 e. The molecule has 0 bridgehead atoms. The molecule has 310 valence electrons. The SMILES string of the molecule is CC=C(C)CCC=C(C)CCC=C(C)CCC=C(C)CCC=C(C)CCC=C(C)CCC=C(C)CCC=C(C)CCC=C(C)CCC=C(C)CCC=C(C)C. The molecular formula is C55H90. The standard InChI is InChI=1S/C55H90/c1-14-46(4)26-16-28-48(6)30-18-32-50(8)34-20-36-52(10)38-22-40-54(12)42-24-44-55(13)43-23-41-53(11)39-21-37-51(9)35-19-33-49(7)31-17-29-47(5)27-15-25-45(2)3/h14,25,28-29,32-33,36-37,40-41,44H,15-24,26-27,30-31,34-35,38-39,42-43H2,1-13H3. The highest BCUT2D eigenvalue weighted by atomic mass is 14.0. The average molecular weight is 751 g/mol. The lowest BCUT2D eigenvalue weighted by atomic mass is 10.0. The summed E-state index contributed by atoms with van der Waals surface area (Å²) in [5.41, 5.74) is 16.7. The van der Waals surface area contributed by atoms with E-state index in [0.29, 0.717) is 0 Å². The van der Waals surface area contributed by atoms with Crippen LogP contribution in [0.2, 0.25) is 0 Å². The van der Waals surface area contributed by atoms with E-state index in [9.17, 15) is 0 Å². The molecule has 0 heterocycles. The van der Waals surface area contributed by atoms with Crippen LogP contribution in [-0.2, 0) is 0 Å². The molecule has 0 aliphatic heterocycles. The Labute approximate surface area is 345 Å². The first kappa shape index (κ1) is 52.1. The van der Waals surface area contributed by atoms with Gasteiger partial charge >= 0.3 is 0 Å². The van der Waals surface area contributed by atoms with Gasteiger partial charge in [0, 0.05) is 0 Å². The van der Waals surface area contributed by atoms with Crippen LogP contribution < -0.4 is 0 Å². The van der Waals surface area contributed by atoms with E-state index in [1.807, 2.05) is 0 Å². The van der Waals surface area contributed by atoms with Crippen molar-refractivity contribution in [3.05, 3.63) is 128 Å². The van der Waals surface area contributed by atoms with Crippen LogP contribution >= 0.6 is 0 Å². The lowest BCUT2D eigenvalue weighted by Gasteiger charge is -2.04. The third kappa shape index (κ3) is 35.3. The minimum atomic E-state index is 1.16. The zero-order valence-corrected chi connectivity index (χ0v) is 39.0. The van der Waals surface area contributed by atoms with Crippen molar-refractivity contribution >= 4 is 0 Å². The molecule has 0 aromatic carbocycles. The molecule has 0 unspecified atom stereocenters. The molecule has 0 nitrogen and oxygen atoms in total. The maximum atomic E-state index is 2.47. The number of hydrogen-bond acceptors (Lipinski definition) is 0. The molecule has 0 heteroatoms. The fraction of sp³-hybridized carbons (Fsp3) is 0.600. The molecule has 0 atom stereocenters. The van der Waals surface area contributed by atoms with Crippen molar-refractivity contribution in [3.8, 4) is 0 Å². The van der Waals surface area contributed by atoms with E-state index < -0.39 is 0 Å². The number of rotatable bonds is 30. The Bertz CT molecular complexity index is 1390. The van der Waals surface area contributed by atoms with E-state index in [-0.39, 0.29) is 0 Å². The largest absolute Gasteiger partial charge is 0.0887 e. The van der Waals surface area contributed by atoms with Crippen molar-refractivity contribution in [1.82, 2.24) is 0 Å². The van der Waals surface area contributed by atoms with Gasteiger partial charge in [-0.05, 0) is 218 Å².